The highest BCUT2D eigenvalue weighted by molar-refractivity contribution is 5.77. The summed E-state index contributed by atoms with van der Waals surface area (Å²) in [6.07, 6.45) is 0.713. The zero-order chi connectivity index (χ0) is 18.6. The Kier molecular flexibility index (Phi) is 5.02. The summed E-state index contributed by atoms with van der Waals surface area (Å²) in [6, 6.07) is 15.5. The van der Waals surface area contributed by atoms with E-state index in [2.05, 4.69) is 10.2 Å². The molecule has 2 heterocycles. The highest BCUT2D eigenvalue weighted by atomic mass is 16.5. The van der Waals surface area contributed by atoms with Crippen molar-refractivity contribution in [3.63, 3.8) is 0 Å². The van der Waals surface area contributed by atoms with Crippen LogP contribution in [-0.2, 0) is 22.5 Å². The summed E-state index contributed by atoms with van der Waals surface area (Å²) in [6.45, 7) is 1.83. The lowest BCUT2D eigenvalue weighted by Gasteiger charge is -2.33. The molecule has 0 saturated carbocycles. The third kappa shape index (κ3) is 4.09. The van der Waals surface area contributed by atoms with Crippen LogP contribution in [0.25, 0.3) is 11.0 Å². The number of morpholine rings is 1. The van der Waals surface area contributed by atoms with Gasteiger partial charge in [0.25, 0.3) is 0 Å². The van der Waals surface area contributed by atoms with Crippen LogP contribution in [0.1, 0.15) is 5.56 Å². The second kappa shape index (κ2) is 7.75. The molecule has 2 aromatic carbocycles. The largest absolute Gasteiger partial charge is 0.497 e. The minimum atomic E-state index is -0.0283. The van der Waals surface area contributed by atoms with Crippen molar-refractivity contribution in [3.8, 4) is 5.75 Å². The van der Waals surface area contributed by atoms with Gasteiger partial charge in [-0.2, -0.15) is 15.0 Å². The summed E-state index contributed by atoms with van der Waals surface area (Å²) in [5, 5.41) is 8.73. The average molecular weight is 366 g/mol. The number of benzene rings is 2. The van der Waals surface area contributed by atoms with Crippen LogP contribution in [0, 0.1) is 0 Å². The summed E-state index contributed by atoms with van der Waals surface area (Å²) in [7, 11) is 1.66. The number of carbonyl (C=O) groups is 1. The zero-order valence-electron chi connectivity index (χ0n) is 15.2. The predicted molar refractivity (Wildman–Crippen MR) is 101 cm³/mol. The molecule has 7 heteroatoms. The van der Waals surface area contributed by atoms with Gasteiger partial charge in [-0.1, -0.05) is 24.3 Å². The van der Waals surface area contributed by atoms with Crippen LogP contribution in [0.4, 0.5) is 0 Å². The lowest BCUT2D eigenvalue weighted by molar-refractivity contribution is -0.139. The highest BCUT2D eigenvalue weighted by Crippen LogP contribution is 2.17. The Morgan fingerprint density at radius 2 is 1.96 bits per heavy atom. The minimum Gasteiger partial charge on any atom is -0.497 e. The number of ether oxygens (including phenoxy) is 2. The Morgan fingerprint density at radius 3 is 2.70 bits per heavy atom. The molecule has 1 fully saturated rings. The van der Waals surface area contributed by atoms with Crippen LogP contribution in [0.2, 0.25) is 0 Å². The molecule has 7 nitrogen and oxygen atoms in total. The van der Waals surface area contributed by atoms with Gasteiger partial charge < -0.3 is 14.4 Å². The lowest BCUT2D eigenvalue weighted by atomic mass is 10.1. The van der Waals surface area contributed by atoms with E-state index in [9.17, 15) is 4.79 Å². The molecule has 1 atom stereocenters. The molecule has 1 unspecified atom stereocenters. The van der Waals surface area contributed by atoms with Crippen LogP contribution in [0.15, 0.2) is 48.5 Å². The standard InChI is InChI=1S/C20H22N4O3/c1-26-16-6-4-5-15(11-16)12-17-13-23(9-10-27-17)20(25)14-24-21-18-7-2-3-8-19(18)22-24/h2-8,11,17H,9-10,12-14H2,1H3. The van der Waals surface area contributed by atoms with E-state index in [1.165, 1.54) is 4.80 Å². The molecule has 27 heavy (non-hydrogen) atoms. The normalized spacial score (nSPS) is 17.2. The maximum atomic E-state index is 12.7. The fourth-order valence-electron chi connectivity index (χ4n) is 3.33. The average Bonchev–Trinajstić information content (AvgIpc) is 3.10. The SMILES string of the molecule is COc1cccc(CC2CN(C(=O)Cn3nc4ccccc4n3)CCO2)c1. The van der Waals surface area contributed by atoms with Gasteiger partial charge in [-0.15, -0.1) is 0 Å². The molecule has 1 amide bonds. The van der Waals surface area contributed by atoms with E-state index < -0.39 is 0 Å². The zero-order valence-corrected chi connectivity index (χ0v) is 15.2. The second-order valence-electron chi connectivity index (χ2n) is 6.61. The Morgan fingerprint density at radius 1 is 1.19 bits per heavy atom. The molecule has 1 aliphatic heterocycles. The molecule has 4 rings (SSSR count). The fourth-order valence-corrected chi connectivity index (χ4v) is 3.33. The molecule has 0 aliphatic carbocycles. The van der Waals surface area contributed by atoms with Gasteiger partial charge in [0.05, 0.1) is 19.8 Å². The van der Waals surface area contributed by atoms with Gasteiger partial charge >= 0.3 is 0 Å². The summed E-state index contributed by atoms with van der Waals surface area (Å²) in [5.41, 5.74) is 2.72. The van der Waals surface area contributed by atoms with Gasteiger partial charge in [0.15, 0.2) is 0 Å². The van der Waals surface area contributed by atoms with Crippen molar-refractivity contribution in [2.24, 2.45) is 0 Å². The Labute approximate surface area is 157 Å². The van der Waals surface area contributed by atoms with E-state index in [0.29, 0.717) is 19.7 Å². The van der Waals surface area contributed by atoms with Crippen molar-refractivity contribution in [3.05, 3.63) is 54.1 Å². The van der Waals surface area contributed by atoms with Gasteiger partial charge in [-0.05, 0) is 29.8 Å². The molecule has 3 aromatic rings. The first-order chi connectivity index (χ1) is 13.2. The van der Waals surface area contributed by atoms with Gasteiger partial charge in [0.2, 0.25) is 5.91 Å². The van der Waals surface area contributed by atoms with E-state index in [1.54, 1.807) is 7.11 Å². The van der Waals surface area contributed by atoms with Crippen molar-refractivity contribution in [1.29, 1.82) is 0 Å². The van der Waals surface area contributed by atoms with Crippen LogP contribution in [0.5, 0.6) is 5.75 Å². The third-order valence-electron chi connectivity index (χ3n) is 4.69. The number of rotatable bonds is 5. The van der Waals surface area contributed by atoms with E-state index in [1.807, 2.05) is 53.4 Å². The van der Waals surface area contributed by atoms with Crippen LogP contribution < -0.4 is 4.74 Å². The number of hydrogen-bond donors (Lipinski definition) is 0. The molecule has 0 bridgehead atoms. The number of nitrogens with zero attached hydrogens (tertiary/aromatic N) is 4. The molecule has 1 saturated heterocycles. The third-order valence-corrected chi connectivity index (χ3v) is 4.69. The molecular formula is C20H22N4O3. The van der Waals surface area contributed by atoms with Crippen molar-refractivity contribution >= 4 is 16.9 Å². The molecule has 0 N–H and O–H groups in total. The van der Waals surface area contributed by atoms with Gasteiger partial charge in [0.1, 0.15) is 23.3 Å². The predicted octanol–water partition coefficient (Wildman–Crippen LogP) is 1.91. The quantitative estimate of drug-likeness (QED) is 0.690. The molecular weight excluding hydrogens is 344 g/mol. The molecule has 0 spiro atoms. The second-order valence-corrected chi connectivity index (χ2v) is 6.61. The summed E-state index contributed by atoms with van der Waals surface area (Å²) < 4.78 is 11.1. The Bertz CT molecular complexity index is 907. The fraction of sp³-hybridized carbons (Fsp3) is 0.350. The van der Waals surface area contributed by atoms with Crippen molar-refractivity contribution in [2.75, 3.05) is 26.8 Å². The van der Waals surface area contributed by atoms with Gasteiger partial charge in [-0.25, -0.2) is 0 Å². The number of fused-ring (bicyclic) bond motifs is 1. The monoisotopic (exact) mass is 366 g/mol. The first-order valence-electron chi connectivity index (χ1n) is 9.03. The minimum absolute atomic E-state index is 0.00856. The Hall–Kier alpha value is -2.93. The van der Waals surface area contributed by atoms with Crippen LogP contribution in [0.3, 0.4) is 0 Å². The van der Waals surface area contributed by atoms with Crippen molar-refractivity contribution < 1.29 is 14.3 Å². The molecule has 140 valence electrons. The maximum absolute atomic E-state index is 12.7. The van der Waals surface area contributed by atoms with Gasteiger partial charge in [-0.3, -0.25) is 4.79 Å². The Balaban J connectivity index is 1.38. The van der Waals surface area contributed by atoms with Crippen molar-refractivity contribution in [2.45, 2.75) is 19.1 Å². The number of amides is 1. The van der Waals surface area contributed by atoms with Crippen LogP contribution >= 0.6 is 0 Å². The topological polar surface area (TPSA) is 69.5 Å². The molecule has 0 radical (unpaired) electrons. The first kappa shape index (κ1) is 17.5. The highest BCUT2D eigenvalue weighted by Gasteiger charge is 2.25. The van der Waals surface area contributed by atoms with E-state index in [4.69, 9.17) is 9.47 Å². The molecule has 1 aromatic heterocycles. The van der Waals surface area contributed by atoms with Crippen molar-refractivity contribution in [1.82, 2.24) is 19.9 Å². The summed E-state index contributed by atoms with van der Waals surface area (Å²) in [5.74, 6) is 0.835. The lowest BCUT2D eigenvalue weighted by Crippen LogP contribution is -2.47. The van der Waals surface area contributed by atoms with Crippen LogP contribution in [-0.4, -0.2) is 58.7 Å². The maximum Gasteiger partial charge on any atom is 0.246 e. The van der Waals surface area contributed by atoms with E-state index in [0.717, 1.165) is 28.8 Å². The number of hydrogen-bond acceptors (Lipinski definition) is 5. The molecule has 1 aliphatic rings. The summed E-state index contributed by atoms with van der Waals surface area (Å²) >= 11 is 0. The smallest absolute Gasteiger partial charge is 0.246 e. The summed E-state index contributed by atoms with van der Waals surface area (Å²) in [4.78, 5) is 16.0. The number of aromatic nitrogens is 3. The van der Waals surface area contributed by atoms with E-state index in [-0.39, 0.29) is 18.6 Å². The number of carbonyl (C=O) groups excluding carboxylic acids is 1. The van der Waals surface area contributed by atoms with Gasteiger partial charge in [0, 0.05) is 19.5 Å². The first-order valence-corrected chi connectivity index (χ1v) is 9.03. The number of methoxy groups -OCH3 is 1. The van der Waals surface area contributed by atoms with E-state index >= 15 is 0 Å².